The minimum atomic E-state index is 0.787. The number of para-hydroxylation sites is 2. The zero-order chi connectivity index (χ0) is 11.9. The molecule has 0 saturated carbocycles. The summed E-state index contributed by atoms with van der Waals surface area (Å²) in [4.78, 5) is 0. The van der Waals surface area contributed by atoms with Crippen LogP contribution >= 0.6 is 0 Å². The Morgan fingerprint density at radius 3 is 2.41 bits per heavy atom. The topological polar surface area (TPSA) is 21.3 Å². The molecule has 0 saturated heterocycles. The van der Waals surface area contributed by atoms with Crippen LogP contribution in [-0.4, -0.2) is 7.11 Å². The van der Waals surface area contributed by atoms with Crippen molar-refractivity contribution in [1.82, 2.24) is 0 Å². The molecule has 0 fully saturated rings. The van der Waals surface area contributed by atoms with Gasteiger partial charge in [0, 0.05) is 11.7 Å². The SMILES string of the molecule is COc1ccccc1C#CNc1ccccc1. The van der Waals surface area contributed by atoms with Crippen LogP contribution in [0.1, 0.15) is 5.56 Å². The first-order valence-electron chi connectivity index (χ1n) is 5.35. The van der Waals surface area contributed by atoms with Crippen LogP contribution in [-0.2, 0) is 0 Å². The maximum absolute atomic E-state index is 5.22. The molecule has 0 bridgehead atoms. The molecule has 0 amide bonds. The Morgan fingerprint density at radius 2 is 1.65 bits per heavy atom. The fourth-order valence-corrected chi connectivity index (χ4v) is 1.44. The van der Waals surface area contributed by atoms with Crippen LogP contribution in [0.15, 0.2) is 54.6 Å². The van der Waals surface area contributed by atoms with Gasteiger partial charge in [0.1, 0.15) is 5.75 Å². The molecule has 84 valence electrons. The van der Waals surface area contributed by atoms with Crippen LogP contribution < -0.4 is 10.1 Å². The van der Waals surface area contributed by atoms with Crippen molar-refractivity contribution in [2.45, 2.75) is 0 Å². The molecule has 2 heteroatoms. The number of ether oxygens (including phenoxy) is 1. The Morgan fingerprint density at radius 1 is 0.941 bits per heavy atom. The van der Waals surface area contributed by atoms with E-state index in [-0.39, 0.29) is 0 Å². The lowest BCUT2D eigenvalue weighted by molar-refractivity contribution is 0.413. The summed E-state index contributed by atoms with van der Waals surface area (Å²) in [6.45, 7) is 0. The molecule has 0 unspecified atom stereocenters. The van der Waals surface area contributed by atoms with E-state index >= 15 is 0 Å². The molecule has 0 spiro atoms. The number of nitrogens with one attached hydrogen (secondary N) is 1. The summed E-state index contributed by atoms with van der Waals surface area (Å²) in [6, 6.07) is 20.4. The Balaban J connectivity index is 2.11. The van der Waals surface area contributed by atoms with E-state index in [0.717, 1.165) is 17.0 Å². The van der Waals surface area contributed by atoms with E-state index in [9.17, 15) is 0 Å². The molecule has 1 N–H and O–H groups in total. The van der Waals surface area contributed by atoms with Gasteiger partial charge in [-0.15, -0.1) is 0 Å². The zero-order valence-electron chi connectivity index (χ0n) is 9.60. The van der Waals surface area contributed by atoms with Crippen molar-refractivity contribution < 1.29 is 4.74 Å². The van der Waals surface area contributed by atoms with Crippen LogP contribution in [0, 0.1) is 12.0 Å². The van der Waals surface area contributed by atoms with Crippen LogP contribution in [0.2, 0.25) is 0 Å². The molecular weight excluding hydrogens is 210 g/mol. The van der Waals surface area contributed by atoms with Gasteiger partial charge < -0.3 is 10.1 Å². The van der Waals surface area contributed by atoms with Gasteiger partial charge in [-0.2, -0.15) is 0 Å². The summed E-state index contributed by atoms with van der Waals surface area (Å²) in [6.07, 6.45) is 0. The Labute approximate surface area is 101 Å². The van der Waals surface area contributed by atoms with E-state index in [1.54, 1.807) is 7.11 Å². The molecule has 17 heavy (non-hydrogen) atoms. The molecule has 0 heterocycles. The standard InChI is InChI=1S/C15H13NO/c1-17-15-10-6-5-7-13(15)11-12-16-14-8-3-2-4-9-14/h2-10,16H,1H3. The Kier molecular flexibility index (Phi) is 3.67. The Hall–Kier alpha value is -2.40. The average molecular weight is 223 g/mol. The van der Waals surface area contributed by atoms with E-state index in [2.05, 4.69) is 17.3 Å². The van der Waals surface area contributed by atoms with Crippen molar-refractivity contribution in [2.75, 3.05) is 12.4 Å². The van der Waals surface area contributed by atoms with Crippen LogP contribution in [0.25, 0.3) is 0 Å². The van der Waals surface area contributed by atoms with E-state index in [1.807, 2.05) is 54.6 Å². The lowest BCUT2D eigenvalue weighted by atomic mass is 10.2. The number of hydrogen-bond donors (Lipinski definition) is 1. The number of rotatable bonds is 2. The highest BCUT2D eigenvalue weighted by Crippen LogP contribution is 2.15. The molecular formula is C15H13NO. The van der Waals surface area contributed by atoms with Gasteiger partial charge in [-0.05, 0) is 30.2 Å². The average Bonchev–Trinajstić information content (AvgIpc) is 2.40. The second-order valence-corrected chi connectivity index (χ2v) is 3.44. The highest BCUT2D eigenvalue weighted by Gasteiger charge is 1.95. The third-order valence-corrected chi connectivity index (χ3v) is 2.28. The second kappa shape index (κ2) is 5.62. The largest absolute Gasteiger partial charge is 0.495 e. The highest BCUT2D eigenvalue weighted by atomic mass is 16.5. The normalized spacial score (nSPS) is 9.00. The number of benzene rings is 2. The van der Waals surface area contributed by atoms with E-state index in [4.69, 9.17) is 4.74 Å². The summed E-state index contributed by atoms with van der Waals surface area (Å²) in [5.41, 5.74) is 1.85. The van der Waals surface area contributed by atoms with Gasteiger partial charge in [0.15, 0.2) is 0 Å². The third kappa shape index (κ3) is 3.02. The molecule has 0 aliphatic carbocycles. The molecule has 0 aliphatic rings. The number of hydrogen-bond acceptors (Lipinski definition) is 2. The first-order valence-corrected chi connectivity index (χ1v) is 5.35. The van der Waals surface area contributed by atoms with Gasteiger partial charge in [0.05, 0.1) is 12.7 Å². The summed E-state index contributed by atoms with van der Waals surface area (Å²) in [5, 5.41) is 3.03. The zero-order valence-corrected chi connectivity index (χ0v) is 9.60. The van der Waals surface area contributed by atoms with E-state index < -0.39 is 0 Å². The summed E-state index contributed by atoms with van der Waals surface area (Å²) in [5.74, 6) is 3.81. The number of anilines is 1. The summed E-state index contributed by atoms with van der Waals surface area (Å²) >= 11 is 0. The minimum Gasteiger partial charge on any atom is -0.495 e. The molecule has 0 radical (unpaired) electrons. The first kappa shape index (κ1) is 11.1. The fraction of sp³-hybridized carbons (Fsp3) is 0.0667. The molecule has 2 aromatic carbocycles. The molecule has 2 aromatic rings. The van der Waals surface area contributed by atoms with Crippen LogP contribution in [0.4, 0.5) is 5.69 Å². The summed E-state index contributed by atoms with van der Waals surface area (Å²) in [7, 11) is 1.64. The predicted molar refractivity (Wildman–Crippen MR) is 69.9 cm³/mol. The predicted octanol–water partition coefficient (Wildman–Crippen LogP) is 3.12. The van der Waals surface area contributed by atoms with Crippen molar-refractivity contribution in [3.63, 3.8) is 0 Å². The maximum atomic E-state index is 5.22. The van der Waals surface area contributed by atoms with Gasteiger partial charge in [0.2, 0.25) is 0 Å². The Bertz CT molecular complexity index is 538. The molecule has 0 aliphatic heterocycles. The van der Waals surface area contributed by atoms with Crippen LogP contribution in [0.3, 0.4) is 0 Å². The smallest absolute Gasteiger partial charge is 0.134 e. The highest BCUT2D eigenvalue weighted by molar-refractivity contribution is 5.52. The molecule has 0 aromatic heterocycles. The first-order chi connectivity index (χ1) is 8.40. The molecule has 2 rings (SSSR count). The van der Waals surface area contributed by atoms with Gasteiger partial charge in [0.25, 0.3) is 0 Å². The second-order valence-electron chi connectivity index (χ2n) is 3.44. The lowest BCUT2D eigenvalue weighted by Crippen LogP contribution is -1.89. The van der Waals surface area contributed by atoms with Crippen molar-refractivity contribution in [2.24, 2.45) is 0 Å². The van der Waals surface area contributed by atoms with E-state index in [0.29, 0.717) is 0 Å². The third-order valence-electron chi connectivity index (χ3n) is 2.28. The molecule has 0 atom stereocenters. The lowest BCUT2D eigenvalue weighted by Gasteiger charge is -2.01. The van der Waals surface area contributed by atoms with Crippen LogP contribution in [0.5, 0.6) is 5.75 Å². The van der Waals surface area contributed by atoms with Gasteiger partial charge in [-0.3, -0.25) is 0 Å². The van der Waals surface area contributed by atoms with Crippen molar-refractivity contribution in [3.8, 4) is 17.7 Å². The maximum Gasteiger partial charge on any atom is 0.134 e. The summed E-state index contributed by atoms with van der Waals surface area (Å²) < 4.78 is 5.22. The van der Waals surface area contributed by atoms with Crippen molar-refractivity contribution >= 4 is 5.69 Å². The quantitative estimate of drug-likeness (QED) is 0.624. The van der Waals surface area contributed by atoms with Crippen molar-refractivity contribution in [1.29, 1.82) is 0 Å². The van der Waals surface area contributed by atoms with Crippen molar-refractivity contribution in [3.05, 3.63) is 60.2 Å². The van der Waals surface area contributed by atoms with Gasteiger partial charge >= 0.3 is 0 Å². The fourth-order valence-electron chi connectivity index (χ4n) is 1.44. The minimum absolute atomic E-state index is 0.787. The van der Waals surface area contributed by atoms with E-state index in [1.165, 1.54) is 0 Å². The number of methoxy groups -OCH3 is 1. The molecule has 2 nitrogen and oxygen atoms in total. The van der Waals surface area contributed by atoms with Gasteiger partial charge in [-0.25, -0.2) is 0 Å². The monoisotopic (exact) mass is 223 g/mol. The van der Waals surface area contributed by atoms with Gasteiger partial charge in [-0.1, -0.05) is 30.3 Å².